The van der Waals surface area contributed by atoms with Crippen molar-refractivity contribution in [2.24, 2.45) is 7.05 Å². The Kier molecular flexibility index (Phi) is 3.39. The average molecular weight is 300 g/mol. The topological polar surface area (TPSA) is 46.9 Å². The number of nitrogens with zero attached hydrogens (tertiary/aromatic N) is 2. The maximum atomic E-state index is 12.5. The van der Waals surface area contributed by atoms with Crippen LogP contribution in [0.1, 0.15) is 16.1 Å². The number of anilines is 1. The molecular weight excluding hydrogens is 286 g/mol. The lowest BCUT2D eigenvalue weighted by molar-refractivity contribution is 0.101. The van der Waals surface area contributed by atoms with Crippen LogP contribution in [-0.4, -0.2) is 15.5 Å². The Bertz CT molecular complexity index is 839. The maximum absolute atomic E-state index is 12.5. The van der Waals surface area contributed by atoms with Crippen LogP contribution in [0.5, 0.6) is 0 Å². The average Bonchev–Trinajstić information content (AvgIpc) is 2.81. The van der Waals surface area contributed by atoms with Crippen molar-refractivity contribution in [3.8, 4) is 0 Å². The highest BCUT2D eigenvalue weighted by molar-refractivity contribution is 6.35. The van der Waals surface area contributed by atoms with Crippen molar-refractivity contribution in [1.82, 2.24) is 9.55 Å². The van der Waals surface area contributed by atoms with Crippen molar-refractivity contribution in [1.29, 1.82) is 0 Å². The van der Waals surface area contributed by atoms with E-state index in [1.807, 2.05) is 48.9 Å². The van der Waals surface area contributed by atoms with Gasteiger partial charge in [-0.15, -0.1) is 0 Å². The molecule has 3 rings (SSSR count). The predicted molar refractivity (Wildman–Crippen MR) is 84.9 cm³/mol. The summed E-state index contributed by atoms with van der Waals surface area (Å²) in [5.41, 5.74) is 2.39. The van der Waals surface area contributed by atoms with E-state index in [4.69, 9.17) is 11.6 Å². The summed E-state index contributed by atoms with van der Waals surface area (Å²) in [7, 11) is 1.85. The molecule has 1 N–H and O–H groups in total. The molecule has 0 unspecified atom stereocenters. The Morgan fingerprint density at radius 1 is 1.29 bits per heavy atom. The molecule has 2 heterocycles. The first-order valence-corrected chi connectivity index (χ1v) is 6.92. The van der Waals surface area contributed by atoms with Crippen LogP contribution in [0.4, 0.5) is 5.82 Å². The standard InChI is InChI=1S/C16H14ClN3O/c1-10-5-4-8-18-15(10)19-16(21)14-9-11-12(17)6-3-7-13(11)20(14)2/h3-9H,1-2H3,(H,18,19,21). The number of nitrogens with one attached hydrogen (secondary N) is 1. The van der Waals surface area contributed by atoms with E-state index in [2.05, 4.69) is 10.3 Å². The minimum atomic E-state index is -0.202. The van der Waals surface area contributed by atoms with E-state index < -0.39 is 0 Å². The molecule has 0 spiro atoms. The smallest absolute Gasteiger partial charge is 0.273 e. The number of carbonyl (C=O) groups is 1. The zero-order valence-electron chi connectivity index (χ0n) is 11.7. The van der Waals surface area contributed by atoms with Crippen LogP contribution >= 0.6 is 11.6 Å². The highest BCUT2D eigenvalue weighted by atomic mass is 35.5. The first-order valence-electron chi connectivity index (χ1n) is 6.55. The number of aromatic nitrogens is 2. The van der Waals surface area contributed by atoms with Crippen LogP contribution in [0.2, 0.25) is 5.02 Å². The third-order valence-corrected chi connectivity index (χ3v) is 3.84. The summed E-state index contributed by atoms with van der Waals surface area (Å²) in [6, 6.07) is 11.2. The van der Waals surface area contributed by atoms with Gasteiger partial charge in [0.2, 0.25) is 0 Å². The first-order chi connectivity index (χ1) is 10.1. The lowest BCUT2D eigenvalue weighted by atomic mass is 10.2. The highest BCUT2D eigenvalue weighted by Gasteiger charge is 2.15. The molecule has 0 saturated heterocycles. The number of fused-ring (bicyclic) bond motifs is 1. The summed E-state index contributed by atoms with van der Waals surface area (Å²) in [6.45, 7) is 1.90. The van der Waals surface area contributed by atoms with Crippen molar-refractivity contribution in [2.75, 3.05) is 5.32 Å². The largest absolute Gasteiger partial charge is 0.340 e. The van der Waals surface area contributed by atoms with Gasteiger partial charge >= 0.3 is 0 Å². The highest BCUT2D eigenvalue weighted by Crippen LogP contribution is 2.26. The van der Waals surface area contributed by atoms with Gasteiger partial charge in [-0.1, -0.05) is 23.7 Å². The van der Waals surface area contributed by atoms with E-state index in [0.717, 1.165) is 16.5 Å². The molecule has 106 valence electrons. The van der Waals surface area contributed by atoms with Gasteiger partial charge in [0.25, 0.3) is 5.91 Å². The number of pyridine rings is 1. The fraction of sp³-hybridized carbons (Fsp3) is 0.125. The number of hydrogen-bond acceptors (Lipinski definition) is 2. The van der Waals surface area contributed by atoms with Crippen molar-refractivity contribution in [2.45, 2.75) is 6.92 Å². The van der Waals surface area contributed by atoms with Crippen molar-refractivity contribution in [3.63, 3.8) is 0 Å². The van der Waals surface area contributed by atoms with Gasteiger partial charge in [0, 0.05) is 29.2 Å². The molecule has 1 amide bonds. The van der Waals surface area contributed by atoms with Crippen LogP contribution in [0.15, 0.2) is 42.6 Å². The minimum absolute atomic E-state index is 0.202. The monoisotopic (exact) mass is 299 g/mol. The molecule has 0 aliphatic carbocycles. The van der Waals surface area contributed by atoms with Crippen LogP contribution in [0.3, 0.4) is 0 Å². The van der Waals surface area contributed by atoms with E-state index in [9.17, 15) is 4.79 Å². The summed E-state index contributed by atoms with van der Waals surface area (Å²) in [5, 5.41) is 4.33. The predicted octanol–water partition coefficient (Wildman–Crippen LogP) is 3.79. The van der Waals surface area contributed by atoms with Crippen molar-refractivity contribution in [3.05, 3.63) is 58.9 Å². The van der Waals surface area contributed by atoms with Crippen molar-refractivity contribution >= 4 is 34.2 Å². The van der Waals surface area contributed by atoms with Gasteiger partial charge in [-0.2, -0.15) is 0 Å². The second kappa shape index (κ2) is 5.22. The molecule has 5 heteroatoms. The molecule has 1 aromatic carbocycles. The normalized spacial score (nSPS) is 10.8. The second-order valence-electron chi connectivity index (χ2n) is 4.88. The molecule has 0 aliphatic rings. The first kappa shape index (κ1) is 13.6. The van der Waals surface area contributed by atoms with Crippen LogP contribution < -0.4 is 5.32 Å². The van der Waals surface area contributed by atoms with Gasteiger partial charge in [0.1, 0.15) is 11.5 Å². The maximum Gasteiger partial charge on any atom is 0.273 e. The SMILES string of the molecule is Cc1cccnc1NC(=O)c1cc2c(Cl)cccc2n1C. The number of rotatable bonds is 2. The molecule has 21 heavy (non-hydrogen) atoms. The fourth-order valence-corrected chi connectivity index (χ4v) is 2.55. The summed E-state index contributed by atoms with van der Waals surface area (Å²) >= 11 is 6.18. The number of benzene rings is 1. The van der Waals surface area contributed by atoms with Gasteiger partial charge < -0.3 is 9.88 Å². The third kappa shape index (κ3) is 2.38. The summed E-state index contributed by atoms with van der Waals surface area (Å²) in [4.78, 5) is 16.6. The number of hydrogen-bond donors (Lipinski definition) is 1. The fourth-order valence-electron chi connectivity index (χ4n) is 2.33. The molecule has 0 aliphatic heterocycles. The minimum Gasteiger partial charge on any atom is -0.340 e. The van der Waals surface area contributed by atoms with Crippen LogP contribution in [0, 0.1) is 6.92 Å². The van der Waals surface area contributed by atoms with Gasteiger partial charge in [-0.25, -0.2) is 4.98 Å². The van der Waals surface area contributed by atoms with Gasteiger partial charge in [0.05, 0.1) is 0 Å². The molecule has 4 nitrogen and oxygen atoms in total. The van der Waals surface area contributed by atoms with E-state index >= 15 is 0 Å². The summed E-state index contributed by atoms with van der Waals surface area (Å²) in [6.07, 6.45) is 1.65. The molecule has 3 aromatic rings. The number of aryl methyl sites for hydroxylation is 2. The zero-order chi connectivity index (χ0) is 15.0. The number of carbonyl (C=O) groups excluding carboxylic acids is 1. The molecule has 0 atom stereocenters. The summed E-state index contributed by atoms with van der Waals surface area (Å²) < 4.78 is 1.83. The molecule has 0 radical (unpaired) electrons. The molecule has 0 bridgehead atoms. The summed E-state index contributed by atoms with van der Waals surface area (Å²) in [5.74, 6) is 0.366. The van der Waals surface area contributed by atoms with Crippen molar-refractivity contribution < 1.29 is 4.79 Å². The van der Waals surface area contributed by atoms with Crippen LogP contribution in [-0.2, 0) is 7.05 Å². The van der Waals surface area contributed by atoms with Gasteiger partial charge in [-0.05, 0) is 36.8 Å². The van der Waals surface area contributed by atoms with E-state index in [1.54, 1.807) is 12.3 Å². The lowest BCUT2D eigenvalue weighted by Crippen LogP contribution is -2.16. The lowest BCUT2D eigenvalue weighted by Gasteiger charge is -2.07. The molecule has 2 aromatic heterocycles. The number of amides is 1. The Morgan fingerprint density at radius 3 is 2.81 bits per heavy atom. The van der Waals surface area contributed by atoms with E-state index in [0.29, 0.717) is 16.5 Å². The number of halogens is 1. The molecular formula is C16H14ClN3O. The van der Waals surface area contributed by atoms with Gasteiger partial charge in [0.15, 0.2) is 0 Å². The Morgan fingerprint density at radius 2 is 2.10 bits per heavy atom. The Labute approximate surface area is 127 Å². The quantitative estimate of drug-likeness (QED) is 0.782. The Hall–Kier alpha value is -2.33. The van der Waals surface area contributed by atoms with Gasteiger partial charge in [-0.3, -0.25) is 4.79 Å². The molecule has 0 fully saturated rings. The molecule has 0 saturated carbocycles. The third-order valence-electron chi connectivity index (χ3n) is 3.51. The second-order valence-corrected chi connectivity index (χ2v) is 5.29. The Balaban J connectivity index is 2.01. The van der Waals surface area contributed by atoms with Crippen LogP contribution in [0.25, 0.3) is 10.9 Å². The zero-order valence-corrected chi connectivity index (χ0v) is 12.5. The van der Waals surface area contributed by atoms with E-state index in [1.165, 1.54) is 0 Å². The van der Waals surface area contributed by atoms with E-state index in [-0.39, 0.29) is 5.91 Å².